The Kier molecular flexibility index (Phi) is 5.03. The Morgan fingerprint density at radius 1 is 1.52 bits per heavy atom. The van der Waals surface area contributed by atoms with Crippen molar-refractivity contribution in [3.05, 3.63) is 28.2 Å². The summed E-state index contributed by atoms with van der Waals surface area (Å²) in [6.45, 7) is 2.94. The van der Waals surface area contributed by atoms with Gasteiger partial charge in [0.25, 0.3) is 0 Å². The predicted molar refractivity (Wildman–Crippen MR) is 79.9 cm³/mol. The summed E-state index contributed by atoms with van der Waals surface area (Å²) in [6.07, 6.45) is 0.657. The van der Waals surface area contributed by atoms with Gasteiger partial charge in [-0.1, -0.05) is 6.92 Å². The molecule has 1 fully saturated rings. The van der Waals surface area contributed by atoms with Crippen LogP contribution in [0.2, 0.25) is 0 Å². The lowest BCUT2D eigenvalue weighted by atomic mass is 10.2. The molecule has 0 bridgehead atoms. The molecule has 0 spiro atoms. The van der Waals surface area contributed by atoms with E-state index in [-0.39, 0.29) is 21.0 Å². The number of rotatable bonds is 4. The minimum absolute atomic E-state index is 0.0369. The Morgan fingerprint density at radius 3 is 2.81 bits per heavy atom. The van der Waals surface area contributed by atoms with E-state index in [1.54, 1.807) is 0 Å². The number of aromatic carboxylic acids is 1. The summed E-state index contributed by atoms with van der Waals surface area (Å²) >= 11 is 3.16. The Balaban J connectivity index is 2.41. The lowest BCUT2D eigenvalue weighted by molar-refractivity contribution is 0.0314. The minimum Gasteiger partial charge on any atom is -0.478 e. The van der Waals surface area contributed by atoms with Crippen molar-refractivity contribution >= 4 is 31.9 Å². The second-order valence-electron chi connectivity index (χ2n) is 4.70. The molecule has 1 heterocycles. The van der Waals surface area contributed by atoms with Gasteiger partial charge in [0.1, 0.15) is 0 Å². The number of halogens is 1. The third-order valence-electron chi connectivity index (χ3n) is 3.41. The zero-order chi connectivity index (χ0) is 15.6. The highest BCUT2D eigenvalue weighted by molar-refractivity contribution is 9.10. The SMILES string of the molecule is CCC1COCCN1S(=O)(=O)c1ccc(C(=O)O)cc1Br. The fourth-order valence-electron chi connectivity index (χ4n) is 2.25. The first-order valence-electron chi connectivity index (χ1n) is 6.50. The molecule has 1 aromatic rings. The standard InChI is InChI=1S/C13H16BrNO5S/c1-2-10-8-20-6-5-15(10)21(18,19)12-4-3-9(13(16)17)7-11(12)14/h3-4,7,10H,2,5-6,8H2,1H3,(H,16,17). The largest absolute Gasteiger partial charge is 0.478 e. The average molecular weight is 378 g/mol. The van der Waals surface area contributed by atoms with Crippen molar-refractivity contribution in [2.24, 2.45) is 0 Å². The molecule has 0 amide bonds. The van der Waals surface area contributed by atoms with Crippen LogP contribution >= 0.6 is 15.9 Å². The van der Waals surface area contributed by atoms with E-state index in [0.29, 0.717) is 26.2 Å². The molecular weight excluding hydrogens is 362 g/mol. The van der Waals surface area contributed by atoms with E-state index in [2.05, 4.69) is 15.9 Å². The van der Waals surface area contributed by atoms with Crippen LogP contribution in [0.3, 0.4) is 0 Å². The summed E-state index contributed by atoms with van der Waals surface area (Å²) in [7, 11) is -3.68. The van der Waals surface area contributed by atoms with Crippen LogP contribution in [0.5, 0.6) is 0 Å². The lowest BCUT2D eigenvalue weighted by Gasteiger charge is -2.34. The highest BCUT2D eigenvalue weighted by Gasteiger charge is 2.34. The molecule has 2 rings (SSSR count). The van der Waals surface area contributed by atoms with Crippen molar-refractivity contribution in [2.45, 2.75) is 24.3 Å². The summed E-state index contributed by atoms with van der Waals surface area (Å²) in [5.41, 5.74) is 0.0369. The molecule has 1 saturated heterocycles. The molecule has 21 heavy (non-hydrogen) atoms. The van der Waals surface area contributed by atoms with Crippen LogP contribution in [-0.2, 0) is 14.8 Å². The van der Waals surface area contributed by atoms with Gasteiger partial charge in [-0.2, -0.15) is 4.31 Å². The Hall–Kier alpha value is -0.960. The Labute approximate surface area is 131 Å². The van der Waals surface area contributed by atoms with Crippen molar-refractivity contribution in [1.82, 2.24) is 4.31 Å². The van der Waals surface area contributed by atoms with E-state index >= 15 is 0 Å². The van der Waals surface area contributed by atoms with Crippen molar-refractivity contribution in [3.8, 4) is 0 Å². The summed E-state index contributed by atoms with van der Waals surface area (Å²) in [6, 6.07) is 3.72. The van der Waals surface area contributed by atoms with E-state index in [1.165, 1.54) is 22.5 Å². The van der Waals surface area contributed by atoms with Crippen LogP contribution in [0.15, 0.2) is 27.6 Å². The van der Waals surface area contributed by atoms with Crippen LogP contribution < -0.4 is 0 Å². The van der Waals surface area contributed by atoms with Gasteiger partial charge >= 0.3 is 5.97 Å². The van der Waals surface area contributed by atoms with Gasteiger partial charge in [0.05, 0.1) is 23.7 Å². The molecule has 8 heteroatoms. The average Bonchev–Trinajstić information content (AvgIpc) is 2.46. The summed E-state index contributed by atoms with van der Waals surface area (Å²) in [4.78, 5) is 11.0. The number of ether oxygens (including phenoxy) is 1. The number of carboxylic acid groups (broad SMARTS) is 1. The van der Waals surface area contributed by atoms with Crippen LogP contribution in [0.25, 0.3) is 0 Å². The number of nitrogens with zero attached hydrogens (tertiary/aromatic N) is 1. The molecule has 1 unspecified atom stereocenters. The van der Waals surface area contributed by atoms with Crippen molar-refractivity contribution < 1.29 is 23.1 Å². The fraction of sp³-hybridized carbons (Fsp3) is 0.462. The second-order valence-corrected chi connectivity index (χ2v) is 7.42. The second kappa shape index (κ2) is 6.43. The zero-order valence-electron chi connectivity index (χ0n) is 11.5. The maximum absolute atomic E-state index is 12.8. The van der Waals surface area contributed by atoms with Gasteiger partial charge in [0.2, 0.25) is 10.0 Å². The predicted octanol–water partition coefficient (Wildman–Crippen LogP) is 1.95. The monoisotopic (exact) mass is 377 g/mol. The van der Waals surface area contributed by atoms with Gasteiger partial charge < -0.3 is 9.84 Å². The molecule has 1 N–H and O–H groups in total. The maximum Gasteiger partial charge on any atom is 0.335 e. The third kappa shape index (κ3) is 3.28. The van der Waals surface area contributed by atoms with E-state index in [4.69, 9.17) is 9.84 Å². The summed E-state index contributed by atoms with van der Waals surface area (Å²) < 4.78 is 32.5. The van der Waals surface area contributed by atoms with Crippen LogP contribution in [0.4, 0.5) is 0 Å². The normalized spacial score (nSPS) is 20.4. The molecular formula is C13H16BrNO5S. The number of morpholine rings is 1. The first-order chi connectivity index (χ1) is 9.87. The summed E-state index contributed by atoms with van der Waals surface area (Å²) in [5.74, 6) is -1.10. The van der Waals surface area contributed by atoms with Gasteiger partial charge in [-0.25, -0.2) is 13.2 Å². The van der Waals surface area contributed by atoms with Crippen molar-refractivity contribution in [2.75, 3.05) is 19.8 Å². The number of carbonyl (C=O) groups is 1. The lowest BCUT2D eigenvalue weighted by Crippen LogP contribution is -2.48. The number of sulfonamides is 1. The van der Waals surface area contributed by atoms with E-state index < -0.39 is 16.0 Å². The zero-order valence-corrected chi connectivity index (χ0v) is 13.9. The van der Waals surface area contributed by atoms with E-state index in [9.17, 15) is 13.2 Å². The first-order valence-corrected chi connectivity index (χ1v) is 8.73. The number of hydrogen-bond donors (Lipinski definition) is 1. The minimum atomic E-state index is -3.68. The highest BCUT2D eigenvalue weighted by atomic mass is 79.9. The summed E-state index contributed by atoms with van der Waals surface area (Å²) in [5, 5.41) is 8.93. The van der Waals surface area contributed by atoms with Gasteiger partial charge in [0.15, 0.2) is 0 Å². The molecule has 1 aliphatic rings. The maximum atomic E-state index is 12.8. The first kappa shape index (κ1) is 16.4. The van der Waals surface area contributed by atoms with Gasteiger partial charge in [0, 0.05) is 17.1 Å². The third-order valence-corrected chi connectivity index (χ3v) is 6.34. The Bertz CT molecular complexity index is 646. The van der Waals surface area contributed by atoms with Crippen LogP contribution in [-0.4, -0.2) is 49.6 Å². The van der Waals surface area contributed by atoms with Gasteiger partial charge in [-0.05, 0) is 40.5 Å². The van der Waals surface area contributed by atoms with Gasteiger partial charge in [-0.3, -0.25) is 0 Å². The number of benzene rings is 1. The molecule has 6 nitrogen and oxygen atoms in total. The van der Waals surface area contributed by atoms with Gasteiger partial charge in [-0.15, -0.1) is 0 Å². The van der Waals surface area contributed by atoms with Crippen molar-refractivity contribution in [3.63, 3.8) is 0 Å². The molecule has 1 atom stereocenters. The topological polar surface area (TPSA) is 83.9 Å². The number of carboxylic acids is 1. The molecule has 0 saturated carbocycles. The fourth-order valence-corrected chi connectivity index (χ4v) is 4.95. The molecule has 1 aliphatic heterocycles. The molecule has 1 aromatic carbocycles. The Morgan fingerprint density at radius 2 is 2.24 bits per heavy atom. The highest BCUT2D eigenvalue weighted by Crippen LogP contribution is 2.29. The molecule has 0 radical (unpaired) electrons. The molecule has 0 aromatic heterocycles. The molecule has 116 valence electrons. The quantitative estimate of drug-likeness (QED) is 0.866. The van der Waals surface area contributed by atoms with E-state index in [1.807, 2.05) is 6.92 Å². The number of hydrogen-bond acceptors (Lipinski definition) is 4. The van der Waals surface area contributed by atoms with E-state index in [0.717, 1.165) is 0 Å². The smallest absolute Gasteiger partial charge is 0.335 e. The van der Waals surface area contributed by atoms with Crippen molar-refractivity contribution in [1.29, 1.82) is 0 Å². The van der Waals surface area contributed by atoms with Crippen LogP contribution in [0, 0.1) is 0 Å². The molecule has 0 aliphatic carbocycles. The van der Waals surface area contributed by atoms with Crippen LogP contribution in [0.1, 0.15) is 23.7 Å².